The van der Waals surface area contributed by atoms with Crippen LogP contribution in [-0.4, -0.2) is 30.5 Å². The molecule has 7 heteroatoms. The molecule has 0 unspecified atom stereocenters. The van der Waals surface area contributed by atoms with E-state index in [0.717, 1.165) is 34.4 Å². The topological polar surface area (TPSA) is 85.2 Å². The molecule has 0 saturated carbocycles. The summed E-state index contributed by atoms with van der Waals surface area (Å²) in [6.07, 6.45) is 0.744. The molecule has 1 heterocycles. The first-order valence-electron chi connectivity index (χ1n) is 12.9. The van der Waals surface area contributed by atoms with Crippen LogP contribution >= 0.6 is 11.6 Å². The Labute approximate surface area is 233 Å². The van der Waals surface area contributed by atoms with Crippen molar-refractivity contribution < 1.29 is 9.47 Å². The Bertz CT molecular complexity index is 1470. The molecule has 5 rings (SSSR count). The molecule has 5 aromatic rings. The Morgan fingerprint density at radius 2 is 1.49 bits per heavy atom. The van der Waals surface area contributed by atoms with Gasteiger partial charge in [-0.1, -0.05) is 96.5 Å². The van der Waals surface area contributed by atoms with Gasteiger partial charge >= 0.3 is 0 Å². The highest BCUT2D eigenvalue weighted by atomic mass is 35.5. The van der Waals surface area contributed by atoms with Crippen molar-refractivity contribution in [3.63, 3.8) is 0 Å². The molecule has 4 N–H and O–H groups in total. The van der Waals surface area contributed by atoms with Gasteiger partial charge in [-0.15, -0.1) is 0 Å². The number of halogens is 1. The van der Waals surface area contributed by atoms with Gasteiger partial charge in [0.25, 0.3) is 0 Å². The summed E-state index contributed by atoms with van der Waals surface area (Å²) in [6.45, 7) is 1.16. The number of ether oxygens (including phenoxy) is 2. The van der Waals surface area contributed by atoms with Gasteiger partial charge in [-0.3, -0.25) is 10.4 Å². The highest BCUT2D eigenvalue weighted by molar-refractivity contribution is 6.31. The summed E-state index contributed by atoms with van der Waals surface area (Å²) < 4.78 is 11.9. The Morgan fingerprint density at radius 3 is 2.10 bits per heavy atom. The number of hydrogen-bond donors (Lipinski definition) is 3. The Kier molecular flexibility index (Phi) is 8.16. The lowest BCUT2D eigenvalue weighted by atomic mass is 9.77. The third-order valence-electron chi connectivity index (χ3n) is 6.74. The second kappa shape index (κ2) is 12.1. The number of H-pyrrole nitrogens is 1. The predicted molar refractivity (Wildman–Crippen MR) is 157 cm³/mol. The van der Waals surface area contributed by atoms with Crippen LogP contribution in [0.3, 0.4) is 0 Å². The predicted octanol–water partition coefficient (Wildman–Crippen LogP) is 6.67. The number of nitrogens with zero attached hydrogens (tertiary/aromatic N) is 1. The van der Waals surface area contributed by atoms with E-state index in [1.165, 1.54) is 0 Å². The standard InChI is InChI=1S/C32H31ClN4O2/c1-38-28-18-10-19-29(31(28)27-22-30(34)37-36-27)39-21-11-20-35-32(23-12-4-2-5-13-23,24-14-6-3-7-15-24)25-16-8-9-17-26(25)33/h2-10,12-19,22,35H,11,20-21H2,1H3,(H3,34,36,37). The van der Waals surface area contributed by atoms with Crippen LogP contribution in [0, 0.1) is 0 Å². The maximum atomic E-state index is 6.84. The fraction of sp³-hybridized carbons (Fsp3) is 0.156. The average Bonchev–Trinajstić information content (AvgIpc) is 3.42. The molecule has 0 radical (unpaired) electrons. The molecule has 39 heavy (non-hydrogen) atoms. The molecule has 6 nitrogen and oxygen atoms in total. The van der Waals surface area contributed by atoms with Crippen LogP contribution in [0.15, 0.2) is 109 Å². The molecule has 0 aliphatic carbocycles. The molecule has 0 fully saturated rings. The van der Waals surface area contributed by atoms with Crippen LogP contribution in [0.4, 0.5) is 5.82 Å². The van der Waals surface area contributed by atoms with Gasteiger partial charge in [-0.25, -0.2) is 0 Å². The Morgan fingerprint density at radius 1 is 0.846 bits per heavy atom. The molecule has 0 saturated heterocycles. The number of hydrogen-bond acceptors (Lipinski definition) is 5. The maximum Gasteiger partial charge on any atom is 0.145 e. The first-order valence-corrected chi connectivity index (χ1v) is 13.2. The van der Waals surface area contributed by atoms with E-state index in [1.807, 2.05) is 48.5 Å². The minimum atomic E-state index is -0.643. The van der Waals surface area contributed by atoms with Crippen molar-refractivity contribution in [2.45, 2.75) is 12.0 Å². The van der Waals surface area contributed by atoms with Crippen molar-refractivity contribution in [2.24, 2.45) is 0 Å². The molecule has 0 bridgehead atoms. The van der Waals surface area contributed by atoms with Gasteiger partial charge in [0.1, 0.15) is 17.3 Å². The van der Waals surface area contributed by atoms with E-state index in [9.17, 15) is 0 Å². The van der Waals surface area contributed by atoms with E-state index in [2.05, 4.69) is 70.1 Å². The van der Waals surface area contributed by atoms with E-state index in [4.69, 9.17) is 26.8 Å². The van der Waals surface area contributed by atoms with Crippen molar-refractivity contribution >= 4 is 17.4 Å². The molecule has 0 aliphatic heterocycles. The summed E-state index contributed by atoms with van der Waals surface area (Å²) in [5.41, 5.74) is 9.95. The highest BCUT2D eigenvalue weighted by Crippen LogP contribution is 2.40. The third-order valence-corrected chi connectivity index (χ3v) is 7.06. The van der Waals surface area contributed by atoms with E-state index < -0.39 is 5.54 Å². The number of methoxy groups -OCH3 is 1. The maximum absolute atomic E-state index is 6.84. The number of nitrogen functional groups attached to an aromatic ring is 1. The highest BCUT2D eigenvalue weighted by Gasteiger charge is 2.37. The molecule has 0 atom stereocenters. The number of rotatable bonds is 11. The third kappa shape index (κ3) is 5.48. The van der Waals surface area contributed by atoms with Gasteiger partial charge in [-0.2, -0.15) is 5.10 Å². The van der Waals surface area contributed by atoms with E-state index >= 15 is 0 Å². The summed E-state index contributed by atoms with van der Waals surface area (Å²) in [5, 5.41) is 11.6. The van der Waals surface area contributed by atoms with Crippen LogP contribution in [-0.2, 0) is 5.54 Å². The number of anilines is 1. The van der Waals surface area contributed by atoms with E-state index in [1.54, 1.807) is 13.2 Å². The molecule has 1 aromatic heterocycles. The zero-order valence-corrected chi connectivity index (χ0v) is 22.5. The summed E-state index contributed by atoms with van der Waals surface area (Å²) >= 11 is 6.84. The van der Waals surface area contributed by atoms with Crippen molar-refractivity contribution in [2.75, 3.05) is 26.0 Å². The van der Waals surface area contributed by atoms with Crippen molar-refractivity contribution in [3.05, 3.63) is 131 Å². The number of nitrogens with one attached hydrogen (secondary N) is 2. The molecule has 0 aliphatic rings. The van der Waals surface area contributed by atoms with Gasteiger partial charge < -0.3 is 15.2 Å². The van der Waals surface area contributed by atoms with Crippen LogP contribution in [0.25, 0.3) is 11.3 Å². The summed E-state index contributed by atoms with van der Waals surface area (Å²) in [7, 11) is 1.63. The fourth-order valence-corrected chi connectivity index (χ4v) is 5.26. The molecule has 198 valence electrons. The second-order valence-electron chi connectivity index (χ2n) is 9.13. The SMILES string of the molecule is COc1cccc(OCCCNC(c2ccccc2)(c2ccccc2)c2ccccc2Cl)c1-c1cc(N)n[nH]1. The van der Waals surface area contributed by atoms with E-state index in [0.29, 0.717) is 35.5 Å². The number of benzene rings is 4. The lowest BCUT2D eigenvalue weighted by Crippen LogP contribution is -2.45. The van der Waals surface area contributed by atoms with E-state index in [-0.39, 0.29) is 0 Å². The normalized spacial score (nSPS) is 11.3. The minimum Gasteiger partial charge on any atom is -0.496 e. The summed E-state index contributed by atoms with van der Waals surface area (Å²) in [4.78, 5) is 0. The molecular weight excluding hydrogens is 508 g/mol. The fourth-order valence-electron chi connectivity index (χ4n) is 4.98. The van der Waals surface area contributed by atoms with Gasteiger partial charge in [0.05, 0.1) is 30.5 Å². The average molecular weight is 539 g/mol. The lowest BCUT2D eigenvalue weighted by Gasteiger charge is -2.37. The second-order valence-corrected chi connectivity index (χ2v) is 9.54. The number of aromatic nitrogens is 2. The molecule has 0 spiro atoms. The first-order chi connectivity index (χ1) is 19.1. The van der Waals surface area contributed by atoms with Gasteiger partial charge in [0, 0.05) is 11.1 Å². The molecular formula is C32H31ClN4O2. The van der Waals surface area contributed by atoms with Gasteiger partial charge in [0.15, 0.2) is 0 Å². The van der Waals surface area contributed by atoms with Crippen LogP contribution in [0.5, 0.6) is 11.5 Å². The van der Waals surface area contributed by atoms with Crippen molar-refractivity contribution in [1.29, 1.82) is 0 Å². The van der Waals surface area contributed by atoms with Gasteiger partial charge in [-0.05, 0) is 47.9 Å². The quantitative estimate of drug-likeness (QED) is 0.129. The zero-order chi connectivity index (χ0) is 27.1. The summed E-state index contributed by atoms with van der Waals surface area (Å²) in [6, 6.07) is 36.3. The largest absolute Gasteiger partial charge is 0.496 e. The van der Waals surface area contributed by atoms with Crippen LogP contribution in [0.2, 0.25) is 5.02 Å². The monoisotopic (exact) mass is 538 g/mol. The van der Waals surface area contributed by atoms with Crippen molar-refractivity contribution in [3.8, 4) is 22.8 Å². The minimum absolute atomic E-state index is 0.406. The smallest absolute Gasteiger partial charge is 0.145 e. The first kappa shape index (κ1) is 26.4. The van der Waals surface area contributed by atoms with Crippen LogP contribution in [0.1, 0.15) is 23.1 Å². The Balaban J connectivity index is 1.41. The van der Waals surface area contributed by atoms with Gasteiger partial charge in [0.2, 0.25) is 0 Å². The summed E-state index contributed by atoms with van der Waals surface area (Å²) in [5.74, 6) is 1.78. The van der Waals surface area contributed by atoms with Crippen molar-refractivity contribution in [1.82, 2.24) is 15.5 Å². The number of aromatic amines is 1. The van der Waals surface area contributed by atoms with Crippen LogP contribution < -0.4 is 20.5 Å². The molecule has 0 amide bonds. The number of nitrogens with two attached hydrogens (primary N) is 1. The zero-order valence-electron chi connectivity index (χ0n) is 21.7. The Hall–Kier alpha value is -4.26. The lowest BCUT2D eigenvalue weighted by molar-refractivity contribution is 0.300. The molecule has 4 aromatic carbocycles.